The van der Waals surface area contributed by atoms with E-state index in [1.807, 2.05) is 41.8 Å². The number of aromatic nitrogens is 3. The second-order valence-corrected chi connectivity index (χ2v) is 6.38. The lowest BCUT2D eigenvalue weighted by Gasteiger charge is -2.08. The van der Waals surface area contributed by atoms with Gasteiger partial charge in [-0.05, 0) is 30.7 Å². The van der Waals surface area contributed by atoms with Gasteiger partial charge in [-0.1, -0.05) is 42.1 Å². The van der Waals surface area contributed by atoms with Crippen LogP contribution in [0.15, 0.2) is 53.7 Å². The Kier molecular flexibility index (Phi) is 5.23. The number of benzene rings is 2. The van der Waals surface area contributed by atoms with Gasteiger partial charge in [-0.3, -0.25) is 4.79 Å². The molecule has 0 aliphatic carbocycles. The Labute approximate surface area is 147 Å². The van der Waals surface area contributed by atoms with E-state index < -0.39 is 11.6 Å². The van der Waals surface area contributed by atoms with Gasteiger partial charge in [-0.25, -0.2) is 8.78 Å². The third kappa shape index (κ3) is 4.11. The summed E-state index contributed by atoms with van der Waals surface area (Å²) in [5.41, 5.74) is 1.23. The molecular weight excluding hydrogens is 344 g/mol. The van der Waals surface area contributed by atoms with Gasteiger partial charge in [0.25, 0.3) is 0 Å². The molecule has 0 bridgehead atoms. The second-order valence-electron chi connectivity index (χ2n) is 5.44. The van der Waals surface area contributed by atoms with Crippen molar-refractivity contribution in [2.75, 3.05) is 5.75 Å². The summed E-state index contributed by atoms with van der Waals surface area (Å²) in [6, 6.07) is 13.0. The summed E-state index contributed by atoms with van der Waals surface area (Å²) in [6.07, 6.45) is 0. The molecular formula is C18H15F2N3OS. The standard InChI is InChI=1S/C18H15F2N3OS/c1-12-21-22-18(23(12)10-13-5-3-2-4-6-13)25-11-17(24)14-7-8-15(19)16(20)9-14/h2-9H,10-11H2,1H3. The number of Topliss-reactive ketones (excluding diaryl/α,β-unsaturated/α-hetero) is 1. The number of carbonyl (C=O) groups is 1. The third-order valence-electron chi connectivity index (χ3n) is 3.66. The highest BCUT2D eigenvalue weighted by atomic mass is 32.2. The largest absolute Gasteiger partial charge is 0.302 e. The molecule has 1 heterocycles. The van der Waals surface area contributed by atoms with E-state index in [0.29, 0.717) is 11.7 Å². The van der Waals surface area contributed by atoms with Crippen molar-refractivity contribution in [3.05, 3.63) is 77.1 Å². The summed E-state index contributed by atoms with van der Waals surface area (Å²) in [7, 11) is 0. The fourth-order valence-corrected chi connectivity index (χ4v) is 3.18. The predicted octanol–water partition coefficient (Wildman–Crippen LogP) is 3.89. The van der Waals surface area contributed by atoms with Gasteiger partial charge in [0.15, 0.2) is 22.6 Å². The van der Waals surface area contributed by atoms with Crippen LogP contribution in [0.4, 0.5) is 8.78 Å². The monoisotopic (exact) mass is 359 g/mol. The highest BCUT2D eigenvalue weighted by Gasteiger charge is 2.14. The van der Waals surface area contributed by atoms with E-state index in [-0.39, 0.29) is 17.1 Å². The number of rotatable bonds is 6. The Morgan fingerprint density at radius 1 is 1.08 bits per heavy atom. The minimum Gasteiger partial charge on any atom is -0.302 e. The Balaban J connectivity index is 1.71. The fraction of sp³-hybridized carbons (Fsp3) is 0.167. The zero-order valence-corrected chi connectivity index (χ0v) is 14.3. The smallest absolute Gasteiger partial charge is 0.191 e. The molecule has 3 aromatic rings. The van der Waals surface area contributed by atoms with Crippen molar-refractivity contribution >= 4 is 17.5 Å². The fourth-order valence-electron chi connectivity index (χ4n) is 2.30. The molecule has 0 saturated carbocycles. The van der Waals surface area contributed by atoms with Crippen molar-refractivity contribution in [1.29, 1.82) is 0 Å². The van der Waals surface area contributed by atoms with Crippen LogP contribution in [0.25, 0.3) is 0 Å². The Hall–Kier alpha value is -2.54. The van der Waals surface area contributed by atoms with Crippen molar-refractivity contribution in [2.24, 2.45) is 0 Å². The molecule has 4 nitrogen and oxygen atoms in total. The summed E-state index contributed by atoms with van der Waals surface area (Å²) in [6.45, 7) is 2.44. The molecule has 0 aliphatic heterocycles. The van der Waals surface area contributed by atoms with E-state index in [4.69, 9.17) is 0 Å². The maximum absolute atomic E-state index is 13.3. The van der Waals surface area contributed by atoms with Crippen LogP contribution >= 0.6 is 11.8 Å². The number of nitrogens with zero attached hydrogens (tertiary/aromatic N) is 3. The molecule has 0 unspecified atom stereocenters. The van der Waals surface area contributed by atoms with Crippen LogP contribution in [0.3, 0.4) is 0 Å². The maximum atomic E-state index is 13.3. The van der Waals surface area contributed by atoms with Crippen LogP contribution in [0.5, 0.6) is 0 Å². The normalized spacial score (nSPS) is 10.8. The van der Waals surface area contributed by atoms with Crippen molar-refractivity contribution in [3.63, 3.8) is 0 Å². The zero-order chi connectivity index (χ0) is 17.8. The summed E-state index contributed by atoms with van der Waals surface area (Å²) in [4.78, 5) is 12.2. The minimum absolute atomic E-state index is 0.0675. The van der Waals surface area contributed by atoms with Gasteiger partial charge in [0.2, 0.25) is 0 Å². The zero-order valence-electron chi connectivity index (χ0n) is 13.4. The SMILES string of the molecule is Cc1nnc(SCC(=O)c2ccc(F)c(F)c2)n1Cc1ccccc1. The van der Waals surface area contributed by atoms with Crippen molar-refractivity contribution in [3.8, 4) is 0 Å². The summed E-state index contributed by atoms with van der Waals surface area (Å²) < 4.78 is 28.1. The van der Waals surface area contributed by atoms with E-state index in [1.165, 1.54) is 17.8 Å². The first-order chi connectivity index (χ1) is 12.0. The van der Waals surface area contributed by atoms with E-state index in [9.17, 15) is 13.6 Å². The molecule has 0 fully saturated rings. The summed E-state index contributed by atoms with van der Waals surface area (Å²) >= 11 is 1.22. The van der Waals surface area contributed by atoms with Gasteiger partial charge < -0.3 is 4.57 Å². The van der Waals surface area contributed by atoms with E-state index in [0.717, 1.165) is 23.5 Å². The quantitative estimate of drug-likeness (QED) is 0.495. The molecule has 0 saturated heterocycles. The van der Waals surface area contributed by atoms with Crippen molar-refractivity contribution < 1.29 is 13.6 Å². The second kappa shape index (κ2) is 7.57. The molecule has 0 N–H and O–H groups in total. The van der Waals surface area contributed by atoms with Crippen molar-refractivity contribution in [1.82, 2.24) is 14.8 Å². The van der Waals surface area contributed by atoms with Gasteiger partial charge in [0.1, 0.15) is 5.82 Å². The number of hydrogen-bond donors (Lipinski definition) is 0. The van der Waals surface area contributed by atoms with Gasteiger partial charge in [-0.2, -0.15) is 0 Å². The average Bonchev–Trinajstić information content (AvgIpc) is 2.96. The Morgan fingerprint density at radius 2 is 1.84 bits per heavy atom. The first-order valence-electron chi connectivity index (χ1n) is 7.59. The topological polar surface area (TPSA) is 47.8 Å². The number of aryl methyl sites for hydroxylation is 1. The lowest BCUT2D eigenvalue weighted by molar-refractivity contribution is 0.102. The van der Waals surface area contributed by atoms with E-state index in [2.05, 4.69) is 10.2 Å². The summed E-state index contributed by atoms with van der Waals surface area (Å²) in [5, 5.41) is 8.77. The van der Waals surface area contributed by atoms with Gasteiger partial charge in [0, 0.05) is 5.56 Å². The van der Waals surface area contributed by atoms with Crippen LogP contribution in [-0.4, -0.2) is 26.3 Å². The number of ketones is 1. The number of hydrogen-bond acceptors (Lipinski definition) is 4. The third-order valence-corrected chi connectivity index (χ3v) is 4.63. The van der Waals surface area contributed by atoms with Crippen LogP contribution in [0.1, 0.15) is 21.7 Å². The lowest BCUT2D eigenvalue weighted by Crippen LogP contribution is -2.07. The maximum Gasteiger partial charge on any atom is 0.191 e. The first kappa shape index (κ1) is 17.3. The number of carbonyl (C=O) groups excluding carboxylic acids is 1. The molecule has 0 spiro atoms. The molecule has 2 aromatic carbocycles. The van der Waals surface area contributed by atoms with E-state index >= 15 is 0 Å². The highest BCUT2D eigenvalue weighted by Crippen LogP contribution is 2.20. The minimum atomic E-state index is -1.03. The molecule has 7 heteroatoms. The molecule has 0 radical (unpaired) electrons. The van der Waals surface area contributed by atoms with Crippen LogP contribution in [-0.2, 0) is 6.54 Å². The molecule has 3 rings (SSSR count). The molecule has 0 atom stereocenters. The Bertz CT molecular complexity index is 897. The molecule has 1 aromatic heterocycles. The number of halogens is 2. The van der Waals surface area contributed by atoms with Gasteiger partial charge in [-0.15, -0.1) is 10.2 Å². The van der Waals surface area contributed by atoms with Crippen LogP contribution < -0.4 is 0 Å². The average molecular weight is 359 g/mol. The summed E-state index contributed by atoms with van der Waals surface area (Å²) in [5.74, 6) is -1.48. The van der Waals surface area contributed by atoms with Gasteiger partial charge >= 0.3 is 0 Å². The number of thioether (sulfide) groups is 1. The predicted molar refractivity (Wildman–Crippen MR) is 91.7 cm³/mol. The van der Waals surface area contributed by atoms with Crippen LogP contribution in [0, 0.1) is 18.6 Å². The lowest BCUT2D eigenvalue weighted by atomic mass is 10.1. The molecule has 0 aliphatic rings. The van der Waals surface area contributed by atoms with Crippen molar-refractivity contribution in [2.45, 2.75) is 18.6 Å². The first-order valence-corrected chi connectivity index (χ1v) is 8.58. The van der Waals surface area contributed by atoms with E-state index in [1.54, 1.807) is 0 Å². The molecule has 0 amide bonds. The molecule has 25 heavy (non-hydrogen) atoms. The molecule has 128 valence electrons. The van der Waals surface area contributed by atoms with Crippen LogP contribution in [0.2, 0.25) is 0 Å². The highest BCUT2D eigenvalue weighted by molar-refractivity contribution is 7.99. The van der Waals surface area contributed by atoms with Gasteiger partial charge in [0.05, 0.1) is 12.3 Å². The Morgan fingerprint density at radius 3 is 2.56 bits per heavy atom.